The molecule has 2 N–H and O–H groups in total. The molecule has 35 heavy (non-hydrogen) atoms. The van der Waals surface area contributed by atoms with Crippen LogP contribution in [0.15, 0.2) is 36.7 Å². The van der Waals surface area contributed by atoms with Gasteiger partial charge in [0, 0.05) is 55.4 Å². The monoisotopic (exact) mass is 479 g/mol. The number of carbonyl (C=O) groups is 1. The Bertz CT molecular complexity index is 1110. The van der Waals surface area contributed by atoms with Gasteiger partial charge in [-0.1, -0.05) is 0 Å². The predicted molar refractivity (Wildman–Crippen MR) is 134 cm³/mol. The Labute approximate surface area is 205 Å². The molecule has 0 spiro atoms. The highest BCUT2D eigenvalue weighted by atomic mass is 16.5. The molecule has 4 rings (SSSR count). The molecular weight excluding hydrogens is 446 g/mol. The SMILES string of the molecule is COc1cc(CCc2cc(NC(=O)c3cnc(N4C[C@@H](C)N(C)[C@@H](C)C4)nc3)n[nH]2)cc(OC)c1. The van der Waals surface area contributed by atoms with Crippen molar-refractivity contribution in [3.63, 3.8) is 0 Å². The average Bonchev–Trinajstić information content (AvgIpc) is 3.32. The van der Waals surface area contributed by atoms with Crippen LogP contribution in [0.4, 0.5) is 11.8 Å². The summed E-state index contributed by atoms with van der Waals surface area (Å²) in [6.45, 7) is 6.09. The summed E-state index contributed by atoms with van der Waals surface area (Å²) in [6, 6.07) is 8.45. The van der Waals surface area contributed by atoms with Gasteiger partial charge in [-0.05, 0) is 51.4 Å². The maximum atomic E-state index is 12.7. The van der Waals surface area contributed by atoms with E-state index in [1.165, 1.54) is 0 Å². The van der Waals surface area contributed by atoms with Gasteiger partial charge in [-0.15, -0.1) is 0 Å². The Morgan fingerprint density at radius 2 is 1.66 bits per heavy atom. The van der Waals surface area contributed by atoms with Crippen molar-refractivity contribution in [3.8, 4) is 11.5 Å². The van der Waals surface area contributed by atoms with Crippen LogP contribution < -0.4 is 19.7 Å². The molecule has 186 valence electrons. The maximum Gasteiger partial charge on any atom is 0.260 e. The van der Waals surface area contributed by atoms with Crippen molar-refractivity contribution in [2.45, 2.75) is 38.8 Å². The lowest BCUT2D eigenvalue weighted by atomic mass is 10.1. The predicted octanol–water partition coefficient (Wildman–Crippen LogP) is 2.78. The van der Waals surface area contributed by atoms with Crippen molar-refractivity contribution >= 4 is 17.7 Å². The fourth-order valence-corrected chi connectivity index (χ4v) is 4.20. The molecule has 0 unspecified atom stereocenters. The number of anilines is 2. The Hall–Kier alpha value is -3.66. The van der Waals surface area contributed by atoms with E-state index in [9.17, 15) is 4.79 Å². The second-order valence-corrected chi connectivity index (χ2v) is 8.99. The Kier molecular flexibility index (Phi) is 7.50. The summed E-state index contributed by atoms with van der Waals surface area (Å²) in [7, 11) is 5.40. The van der Waals surface area contributed by atoms with Crippen LogP contribution in [0.3, 0.4) is 0 Å². The molecule has 3 heterocycles. The van der Waals surface area contributed by atoms with Crippen LogP contribution in [0.5, 0.6) is 11.5 Å². The zero-order chi connectivity index (χ0) is 24.9. The number of nitrogens with zero attached hydrogens (tertiary/aromatic N) is 5. The molecule has 0 bridgehead atoms. The Morgan fingerprint density at radius 3 is 2.26 bits per heavy atom. The summed E-state index contributed by atoms with van der Waals surface area (Å²) in [5.74, 6) is 2.31. The van der Waals surface area contributed by atoms with E-state index in [-0.39, 0.29) is 5.91 Å². The van der Waals surface area contributed by atoms with E-state index in [1.807, 2.05) is 24.3 Å². The van der Waals surface area contributed by atoms with Crippen molar-refractivity contribution in [2.24, 2.45) is 0 Å². The summed E-state index contributed by atoms with van der Waals surface area (Å²) in [5.41, 5.74) is 2.38. The lowest BCUT2D eigenvalue weighted by Gasteiger charge is -2.42. The first-order valence-corrected chi connectivity index (χ1v) is 11.7. The molecule has 2 atom stereocenters. The van der Waals surface area contributed by atoms with Gasteiger partial charge >= 0.3 is 0 Å². The summed E-state index contributed by atoms with van der Waals surface area (Å²) in [6.07, 6.45) is 4.62. The number of carbonyl (C=O) groups excluding carboxylic acids is 1. The first-order chi connectivity index (χ1) is 16.9. The quantitative estimate of drug-likeness (QED) is 0.508. The number of methoxy groups -OCH3 is 2. The molecule has 1 aliphatic rings. The van der Waals surface area contributed by atoms with E-state index in [0.717, 1.165) is 48.7 Å². The van der Waals surface area contributed by atoms with Gasteiger partial charge in [-0.3, -0.25) is 14.8 Å². The molecule has 1 fully saturated rings. The molecule has 2 aromatic heterocycles. The van der Waals surface area contributed by atoms with Crippen molar-refractivity contribution in [2.75, 3.05) is 44.6 Å². The van der Waals surface area contributed by atoms with Crippen LogP contribution in [0.2, 0.25) is 0 Å². The highest BCUT2D eigenvalue weighted by Crippen LogP contribution is 2.24. The summed E-state index contributed by atoms with van der Waals surface area (Å²) in [5, 5.41) is 10.0. The van der Waals surface area contributed by atoms with Crippen LogP contribution >= 0.6 is 0 Å². The number of rotatable bonds is 8. The van der Waals surface area contributed by atoms with E-state index in [2.05, 4.69) is 56.2 Å². The molecule has 0 saturated carbocycles. The van der Waals surface area contributed by atoms with Crippen LogP contribution in [0, 0.1) is 0 Å². The lowest BCUT2D eigenvalue weighted by Crippen LogP contribution is -2.55. The zero-order valence-corrected chi connectivity index (χ0v) is 20.9. The van der Waals surface area contributed by atoms with Crippen LogP contribution in [-0.2, 0) is 12.8 Å². The zero-order valence-electron chi connectivity index (χ0n) is 20.9. The molecule has 1 saturated heterocycles. The second-order valence-electron chi connectivity index (χ2n) is 8.99. The number of amides is 1. The summed E-state index contributed by atoms with van der Waals surface area (Å²) < 4.78 is 10.7. The number of hydrogen-bond donors (Lipinski definition) is 2. The number of piperazine rings is 1. The third kappa shape index (κ3) is 5.89. The second kappa shape index (κ2) is 10.7. The van der Waals surface area contributed by atoms with Crippen molar-refractivity contribution < 1.29 is 14.3 Å². The van der Waals surface area contributed by atoms with Gasteiger partial charge in [0.1, 0.15) is 11.5 Å². The number of ether oxygens (including phenoxy) is 2. The molecule has 0 radical (unpaired) electrons. The molecule has 10 heteroatoms. The van der Waals surface area contributed by atoms with E-state index < -0.39 is 0 Å². The van der Waals surface area contributed by atoms with Crippen molar-refractivity contribution in [3.05, 3.63) is 53.5 Å². The fraction of sp³-hybridized carbons (Fsp3) is 0.440. The minimum absolute atomic E-state index is 0.299. The summed E-state index contributed by atoms with van der Waals surface area (Å²) in [4.78, 5) is 26.1. The first kappa shape index (κ1) is 24.5. The Morgan fingerprint density at radius 1 is 1.03 bits per heavy atom. The van der Waals surface area contributed by atoms with Gasteiger partial charge in [0.2, 0.25) is 5.95 Å². The van der Waals surface area contributed by atoms with E-state index in [1.54, 1.807) is 26.6 Å². The third-order valence-electron chi connectivity index (χ3n) is 6.51. The number of aromatic nitrogens is 4. The molecule has 0 aliphatic carbocycles. The average molecular weight is 480 g/mol. The van der Waals surface area contributed by atoms with Gasteiger partial charge in [-0.2, -0.15) is 5.10 Å². The van der Waals surface area contributed by atoms with Crippen molar-refractivity contribution in [1.29, 1.82) is 0 Å². The number of aromatic amines is 1. The van der Waals surface area contributed by atoms with Crippen LogP contribution in [0.25, 0.3) is 0 Å². The number of nitrogens with one attached hydrogen (secondary N) is 2. The smallest absolute Gasteiger partial charge is 0.260 e. The van der Waals surface area contributed by atoms with E-state index >= 15 is 0 Å². The molecule has 3 aromatic rings. The van der Waals surface area contributed by atoms with Crippen LogP contribution in [-0.4, -0.2) is 77.4 Å². The molecule has 10 nitrogen and oxygen atoms in total. The van der Waals surface area contributed by atoms with Gasteiger partial charge in [0.15, 0.2) is 5.82 Å². The fourth-order valence-electron chi connectivity index (χ4n) is 4.20. The van der Waals surface area contributed by atoms with Crippen LogP contribution in [0.1, 0.15) is 35.5 Å². The largest absolute Gasteiger partial charge is 0.497 e. The molecule has 1 amide bonds. The van der Waals surface area contributed by atoms with Gasteiger partial charge in [0.25, 0.3) is 5.91 Å². The number of hydrogen-bond acceptors (Lipinski definition) is 8. The van der Waals surface area contributed by atoms with Gasteiger partial charge in [-0.25, -0.2) is 9.97 Å². The van der Waals surface area contributed by atoms with E-state index in [4.69, 9.17) is 9.47 Å². The Balaban J connectivity index is 1.33. The number of likely N-dealkylation sites (N-methyl/N-ethyl adjacent to an activating group) is 1. The minimum Gasteiger partial charge on any atom is -0.497 e. The lowest BCUT2D eigenvalue weighted by molar-refractivity contribution is 0.102. The first-order valence-electron chi connectivity index (χ1n) is 11.7. The van der Waals surface area contributed by atoms with Crippen molar-refractivity contribution in [1.82, 2.24) is 25.1 Å². The summed E-state index contributed by atoms with van der Waals surface area (Å²) >= 11 is 0. The topological polar surface area (TPSA) is 109 Å². The molecule has 1 aromatic carbocycles. The highest BCUT2D eigenvalue weighted by Gasteiger charge is 2.28. The molecular formula is C25H33N7O3. The normalized spacial score (nSPS) is 18.4. The highest BCUT2D eigenvalue weighted by molar-refractivity contribution is 6.03. The molecule has 1 aliphatic heterocycles. The number of aryl methyl sites for hydroxylation is 2. The van der Waals surface area contributed by atoms with Gasteiger partial charge < -0.3 is 19.7 Å². The number of benzene rings is 1. The van der Waals surface area contributed by atoms with Gasteiger partial charge in [0.05, 0.1) is 19.8 Å². The maximum absolute atomic E-state index is 12.7. The standard InChI is InChI=1S/C25H33N7O3/c1-16-14-32(15-17(2)31(16)3)25-26-12-19(13-27-25)24(33)28-23-10-20(29-30-23)7-6-18-8-21(34-4)11-22(9-18)35-5/h8-13,16-17H,6-7,14-15H2,1-5H3,(H2,28,29,30,33)/t16-,17+. The van der Waals surface area contributed by atoms with E-state index in [0.29, 0.717) is 29.4 Å². The third-order valence-corrected chi connectivity index (χ3v) is 6.51. The number of H-pyrrole nitrogens is 1. The minimum atomic E-state index is -0.299.